The van der Waals surface area contributed by atoms with Crippen molar-refractivity contribution < 1.29 is 4.79 Å². The highest BCUT2D eigenvalue weighted by Crippen LogP contribution is 2.33. The fraction of sp³-hybridized carbons (Fsp3) is 0.222. The van der Waals surface area contributed by atoms with Gasteiger partial charge in [-0.3, -0.25) is 15.2 Å². The van der Waals surface area contributed by atoms with Gasteiger partial charge in [-0.2, -0.15) is 0 Å². The van der Waals surface area contributed by atoms with Gasteiger partial charge in [0.15, 0.2) is 0 Å². The molecule has 2 heterocycles. The second kappa shape index (κ2) is 13.0. The normalized spacial score (nSPS) is 14.7. The molecule has 0 bridgehead atoms. The van der Waals surface area contributed by atoms with Crippen LogP contribution in [0.15, 0.2) is 94.6 Å². The first kappa shape index (κ1) is 26.4. The Morgan fingerprint density at radius 3 is 2.43 bits per heavy atom. The largest absolute Gasteiger partial charge is 0.385 e. The Kier molecular flexibility index (Phi) is 9.81. The molecule has 0 radical (unpaired) electrons. The number of thiol groups is 1. The van der Waals surface area contributed by atoms with E-state index in [1.165, 1.54) is 11.8 Å². The van der Waals surface area contributed by atoms with Crippen LogP contribution in [0.2, 0.25) is 0 Å². The van der Waals surface area contributed by atoms with Crippen molar-refractivity contribution >= 4 is 46.7 Å². The van der Waals surface area contributed by atoms with Gasteiger partial charge in [0.05, 0.1) is 22.2 Å². The predicted octanol–water partition coefficient (Wildman–Crippen LogP) is 5.91. The number of amides is 1. The number of thioether (sulfide) groups is 1. The van der Waals surface area contributed by atoms with Crippen molar-refractivity contribution in [2.75, 3.05) is 30.4 Å². The monoisotopic (exact) mass is 505 g/mol. The van der Waals surface area contributed by atoms with Crippen LogP contribution in [0.1, 0.15) is 19.4 Å². The molecule has 0 atom stereocenters. The number of nitrogens with zero attached hydrogens (tertiary/aromatic N) is 3. The number of para-hydroxylation sites is 1. The molecule has 1 fully saturated rings. The van der Waals surface area contributed by atoms with E-state index in [0.29, 0.717) is 23.0 Å². The highest BCUT2D eigenvalue weighted by atomic mass is 32.2. The maximum Gasteiger partial charge on any atom is 0.263 e. The van der Waals surface area contributed by atoms with E-state index < -0.39 is 0 Å². The van der Waals surface area contributed by atoms with E-state index in [1.807, 2.05) is 85.6 Å². The third-order valence-corrected chi connectivity index (χ3v) is 6.82. The minimum atomic E-state index is -0.0316. The summed E-state index contributed by atoms with van der Waals surface area (Å²) >= 11 is 5.76. The molecule has 1 aliphatic rings. The van der Waals surface area contributed by atoms with E-state index in [9.17, 15) is 4.79 Å². The average molecular weight is 506 g/mol. The van der Waals surface area contributed by atoms with E-state index in [4.69, 9.17) is 5.41 Å². The Labute approximate surface area is 217 Å². The number of carbonyl (C=O) groups excluding carboxylic acids is 1. The molecule has 0 aliphatic carbocycles. The number of benzene rings is 2. The SMILES string of the molecule is C/C(=C1\SC(=N)CN(Cc2ccccc2)C1=O)N(C)c1ccccc1S.CCNc1ccncc1. The van der Waals surface area contributed by atoms with Gasteiger partial charge in [-0.15, -0.1) is 12.6 Å². The molecule has 0 saturated carbocycles. The number of carbonyl (C=O) groups is 1. The Hall–Kier alpha value is -3.23. The number of allylic oxidation sites excluding steroid dienone is 1. The summed E-state index contributed by atoms with van der Waals surface area (Å²) in [5.74, 6) is -0.0316. The number of pyridine rings is 1. The molecule has 3 aromatic rings. The van der Waals surface area contributed by atoms with Crippen molar-refractivity contribution in [1.82, 2.24) is 9.88 Å². The molecule has 0 unspecified atom stereocenters. The Bertz CT molecular complexity index is 1170. The van der Waals surface area contributed by atoms with Gasteiger partial charge in [0.1, 0.15) is 0 Å². The van der Waals surface area contributed by atoms with Crippen molar-refractivity contribution in [2.45, 2.75) is 25.3 Å². The lowest BCUT2D eigenvalue weighted by Gasteiger charge is -2.31. The first-order chi connectivity index (χ1) is 16.9. The molecule has 1 saturated heterocycles. The first-order valence-corrected chi connectivity index (χ1v) is 12.6. The Morgan fingerprint density at radius 2 is 1.77 bits per heavy atom. The molecule has 1 aliphatic heterocycles. The molecule has 1 amide bonds. The standard InChI is InChI=1S/C20H21N3OS2.C7H10N2/c1-14(22(2)16-10-6-7-11-17(16)25)19-20(24)23(13-18(21)26-19)12-15-8-4-3-5-9-15;1-2-9-7-3-5-8-6-4-7/h3-11,21,25H,12-13H2,1-2H3;3-6H,2H2,1H3,(H,8,9)/b19-14+,21-18?;. The first-order valence-electron chi connectivity index (χ1n) is 11.4. The summed E-state index contributed by atoms with van der Waals surface area (Å²) in [5.41, 5.74) is 3.95. The van der Waals surface area contributed by atoms with E-state index >= 15 is 0 Å². The molecule has 35 heavy (non-hydrogen) atoms. The molecule has 0 spiro atoms. The van der Waals surface area contributed by atoms with Crippen LogP contribution in [0, 0.1) is 5.41 Å². The summed E-state index contributed by atoms with van der Waals surface area (Å²) in [7, 11) is 1.92. The van der Waals surface area contributed by atoms with E-state index in [2.05, 4.69) is 29.9 Å². The molecular weight excluding hydrogens is 474 g/mol. The van der Waals surface area contributed by atoms with Gasteiger partial charge < -0.3 is 15.1 Å². The number of anilines is 2. The second-order valence-electron chi connectivity index (χ2n) is 7.90. The number of aromatic nitrogens is 1. The minimum Gasteiger partial charge on any atom is -0.385 e. The second-order valence-corrected chi connectivity index (χ2v) is 9.49. The smallest absolute Gasteiger partial charge is 0.263 e. The lowest BCUT2D eigenvalue weighted by molar-refractivity contribution is -0.126. The molecule has 4 rings (SSSR count). The van der Waals surface area contributed by atoms with E-state index in [0.717, 1.165) is 34.1 Å². The van der Waals surface area contributed by atoms with Gasteiger partial charge in [0.2, 0.25) is 0 Å². The van der Waals surface area contributed by atoms with Crippen molar-refractivity contribution in [2.24, 2.45) is 0 Å². The summed E-state index contributed by atoms with van der Waals surface area (Å²) in [6, 6.07) is 21.5. The minimum absolute atomic E-state index is 0.0316. The Balaban J connectivity index is 0.000000320. The maximum absolute atomic E-state index is 13.0. The van der Waals surface area contributed by atoms with Crippen LogP contribution in [-0.2, 0) is 11.3 Å². The third kappa shape index (κ3) is 7.37. The van der Waals surface area contributed by atoms with Gasteiger partial charge >= 0.3 is 0 Å². The van der Waals surface area contributed by atoms with Crippen LogP contribution in [-0.4, -0.2) is 41.0 Å². The van der Waals surface area contributed by atoms with Gasteiger partial charge in [-0.05, 0) is 43.7 Å². The highest BCUT2D eigenvalue weighted by molar-refractivity contribution is 8.18. The fourth-order valence-corrected chi connectivity index (χ4v) is 4.78. The molecule has 6 nitrogen and oxygen atoms in total. The molecule has 2 aromatic carbocycles. The van der Waals surface area contributed by atoms with Gasteiger partial charge in [-0.1, -0.05) is 54.2 Å². The maximum atomic E-state index is 13.0. The summed E-state index contributed by atoms with van der Waals surface area (Å²) in [6.45, 7) is 5.80. The quantitative estimate of drug-likeness (QED) is 0.287. The average Bonchev–Trinajstić information content (AvgIpc) is 2.87. The molecule has 8 heteroatoms. The van der Waals surface area contributed by atoms with Crippen LogP contribution in [0.25, 0.3) is 0 Å². The molecule has 2 N–H and O–H groups in total. The van der Waals surface area contributed by atoms with Crippen molar-refractivity contribution in [3.05, 3.63) is 95.3 Å². The highest BCUT2D eigenvalue weighted by Gasteiger charge is 2.30. The summed E-state index contributed by atoms with van der Waals surface area (Å²) in [4.78, 5) is 22.1. The molecule has 182 valence electrons. The summed E-state index contributed by atoms with van der Waals surface area (Å²) in [6.07, 6.45) is 3.55. The van der Waals surface area contributed by atoms with E-state index in [1.54, 1.807) is 17.3 Å². The lowest BCUT2D eigenvalue weighted by Crippen LogP contribution is -2.40. The van der Waals surface area contributed by atoms with Crippen molar-refractivity contribution in [1.29, 1.82) is 5.41 Å². The molecular formula is C27H31N5OS2. The fourth-order valence-electron chi connectivity index (χ4n) is 3.50. The van der Waals surface area contributed by atoms with Crippen LogP contribution in [0.5, 0.6) is 0 Å². The number of rotatable bonds is 6. The zero-order valence-electron chi connectivity index (χ0n) is 20.2. The van der Waals surface area contributed by atoms with Gasteiger partial charge in [0.25, 0.3) is 5.91 Å². The van der Waals surface area contributed by atoms with Crippen LogP contribution < -0.4 is 10.2 Å². The van der Waals surface area contributed by atoms with Crippen LogP contribution >= 0.6 is 24.4 Å². The van der Waals surface area contributed by atoms with Crippen LogP contribution in [0.3, 0.4) is 0 Å². The summed E-state index contributed by atoms with van der Waals surface area (Å²) in [5, 5.41) is 11.8. The summed E-state index contributed by atoms with van der Waals surface area (Å²) < 4.78 is 0. The Morgan fingerprint density at radius 1 is 1.11 bits per heavy atom. The number of nitrogens with one attached hydrogen (secondary N) is 2. The lowest BCUT2D eigenvalue weighted by atomic mass is 10.2. The predicted molar refractivity (Wildman–Crippen MR) is 150 cm³/mol. The zero-order valence-corrected chi connectivity index (χ0v) is 21.9. The van der Waals surface area contributed by atoms with Crippen molar-refractivity contribution in [3.8, 4) is 0 Å². The van der Waals surface area contributed by atoms with Gasteiger partial charge in [-0.25, -0.2) is 0 Å². The number of hydrogen-bond acceptors (Lipinski definition) is 7. The number of hydrogen-bond donors (Lipinski definition) is 3. The molecule has 1 aromatic heterocycles. The van der Waals surface area contributed by atoms with Crippen LogP contribution in [0.4, 0.5) is 11.4 Å². The van der Waals surface area contributed by atoms with Gasteiger partial charge in [0, 0.05) is 48.8 Å². The topological polar surface area (TPSA) is 72.3 Å². The van der Waals surface area contributed by atoms with E-state index in [-0.39, 0.29) is 5.91 Å². The van der Waals surface area contributed by atoms with Crippen molar-refractivity contribution in [3.63, 3.8) is 0 Å². The third-order valence-electron chi connectivity index (χ3n) is 5.39. The zero-order chi connectivity index (χ0) is 25.2.